The molecule has 0 N–H and O–H groups in total. The van der Waals surface area contributed by atoms with Crippen LogP contribution in [0.2, 0.25) is 0 Å². The summed E-state index contributed by atoms with van der Waals surface area (Å²) in [5.41, 5.74) is 0. The molecule has 1 aromatic heterocycles. The topological polar surface area (TPSA) is 41.4 Å². The van der Waals surface area contributed by atoms with E-state index in [4.69, 9.17) is 0 Å². The van der Waals surface area contributed by atoms with E-state index in [2.05, 4.69) is 30.1 Å². The number of rotatable bonds is 4. The lowest BCUT2D eigenvalue weighted by molar-refractivity contribution is -0.134. The molecule has 20 heavy (non-hydrogen) atoms. The number of carbonyl (C=O) groups excluding carboxylic acids is 1. The first kappa shape index (κ1) is 15.4. The van der Waals surface area contributed by atoms with Crippen LogP contribution in [0.25, 0.3) is 0 Å². The Hall–Kier alpha value is -1.01. The fraction of sp³-hybridized carbons (Fsp3) is 0.714. The van der Waals surface area contributed by atoms with Crippen molar-refractivity contribution in [2.75, 3.05) is 32.9 Å². The second kappa shape index (κ2) is 6.63. The molecule has 1 saturated heterocycles. The Morgan fingerprint density at radius 2 is 2.25 bits per heavy atom. The van der Waals surface area contributed by atoms with Crippen LogP contribution in [0.4, 0.5) is 0 Å². The smallest absolute Gasteiger partial charge is 0.223 e. The van der Waals surface area contributed by atoms with Crippen molar-refractivity contribution in [3.8, 4) is 0 Å². The maximum absolute atomic E-state index is 12.3. The van der Waals surface area contributed by atoms with E-state index < -0.39 is 0 Å². The van der Waals surface area contributed by atoms with Crippen molar-refractivity contribution in [1.29, 1.82) is 0 Å². The minimum absolute atomic E-state index is 0.192. The average molecular weight is 296 g/mol. The lowest BCUT2D eigenvalue weighted by Gasteiger charge is -2.39. The van der Waals surface area contributed by atoms with Gasteiger partial charge in [-0.25, -0.2) is 4.98 Å². The summed E-state index contributed by atoms with van der Waals surface area (Å²) in [4.78, 5) is 21.1. The van der Waals surface area contributed by atoms with Crippen LogP contribution in [-0.4, -0.2) is 63.4 Å². The molecule has 0 aliphatic carbocycles. The molecule has 1 aliphatic rings. The fourth-order valence-electron chi connectivity index (χ4n) is 2.54. The summed E-state index contributed by atoms with van der Waals surface area (Å²) in [5, 5.41) is 0.383. The number of amides is 1. The predicted octanol–water partition coefficient (Wildman–Crippen LogP) is 1.38. The Balaban J connectivity index is 2.05. The summed E-state index contributed by atoms with van der Waals surface area (Å²) in [6.07, 6.45) is 6.45. The zero-order valence-corrected chi connectivity index (χ0v) is 13.6. The minimum Gasteiger partial charge on any atom is -0.339 e. The molecule has 5 nitrogen and oxygen atoms in total. The van der Waals surface area contributed by atoms with Crippen molar-refractivity contribution in [3.05, 3.63) is 18.2 Å². The molecule has 1 amide bonds. The van der Waals surface area contributed by atoms with Gasteiger partial charge in [-0.2, -0.15) is 11.8 Å². The minimum atomic E-state index is 0.192. The Morgan fingerprint density at radius 3 is 2.85 bits per heavy atom. The van der Waals surface area contributed by atoms with Crippen molar-refractivity contribution in [2.45, 2.75) is 24.6 Å². The van der Waals surface area contributed by atoms with Crippen LogP contribution >= 0.6 is 11.8 Å². The van der Waals surface area contributed by atoms with Gasteiger partial charge in [-0.05, 0) is 13.3 Å². The predicted molar refractivity (Wildman–Crippen MR) is 82.8 cm³/mol. The molecule has 0 bridgehead atoms. The molecule has 2 heterocycles. The maximum atomic E-state index is 12.3. The summed E-state index contributed by atoms with van der Waals surface area (Å²) >= 11 is 1.74. The third-order valence-electron chi connectivity index (χ3n) is 4.02. The van der Waals surface area contributed by atoms with E-state index in [1.807, 2.05) is 28.9 Å². The van der Waals surface area contributed by atoms with E-state index in [9.17, 15) is 4.79 Å². The molecule has 2 unspecified atom stereocenters. The van der Waals surface area contributed by atoms with Crippen LogP contribution in [-0.2, 0) is 11.8 Å². The third-order valence-corrected chi connectivity index (χ3v) is 4.99. The van der Waals surface area contributed by atoms with Gasteiger partial charge >= 0.3 is 0 Å². The van der Waals surface area contributed by atoms with Crippen molar-refractivity contribution >= 4 is 17.7 Å². The van der Waals surface area contributed by atoms with Gasteiger partial charge in [0.1, 0.15) is 5.82 Å². The monoisotopic (exact) mass is 296 g/mol. The van der Waals surface area contributed by atoms with Crippen LogP contribution in [0.15, 0.2) is 12.4 Å². The number of imidazole rings is 1. The van der Waals surface area contributed by atoms with Gasteiger partial charge in [-0.15, -0.1) is 0 Å². The molecule has 0 aromatic carbocycles. The van der Waals surface area contributed by atoms with Gasteiger partial charge in [0.15, 0.2) is 0 Å². The summed E-state index contributed by atoms with van der Waals surface area (Å²) in [7, 11) is 4.11. The number of carbonyl (C=O) groups is 1. The first-order valence-electron chi connectivity index (χ1n) is 7.01. The molecule has 0 spiro atoms. The Bertz CT molecular complexity index is 462. The zero-order valence-electron chi connectivity index (χ0n) is 12.7. The summed E-state index contributed by atoms with van der Waals surface area (Å²) in [5.74, 6) is 1.29. The van der Waals surface area contributed by atoms with Crippen molar-refractivity contribution in [2.24, 2.45) is 7.05 Å². The highest BCUT2D eigenvalue weighted by molar-refractivity contribution is 7.99. The normalized spacial score (nSPS) is 22.0. The number of nitrogens with zero attached hydrogens (tertiary/aromatic N) is 4. The summed E-state index contributed by atoms with van der Waals surface area (Å²) in [6, 6.07) is 0.192. The lowest BCUT2D eigenvalue weighted by Crippen LogP contribution is -2.49. The van der Waals surface area contributed by atoms with Crippen LogP contribution in [0.1, 0.15) is 25.2 Å². The first-order chi connectivity index (χ1) is 9.52. The van der Waals surface area contributed by atoms with Crippen LogP contribution in [0.5, 0.6) is 0 Å². The SMILES string of the molecule is CSC(C)CC(=O)N1CCN(C)C(c2nccn2C)C1. The van der Waals surface area contributed by atoms with Gasteiger partial charge in [0.25, 0.3) is 0 Å². The zero-order chi connectivity index (χ0) is 14.7. The van der Waals surface area contributed by atoms with E-state index >= 15 is 0 Å². The number of hydrogen-bond donors (Lipinski definition) is 0. The van der Waals surface area contributed by atoms with E-state index in [0.29, 0.717) is 11.7 Å². The molecule has 0 radical (unpaired) electrons. The molecule has 1 fully saturated rings. The Labute approximate surface area is 125 Å². The number of hydrogen-bond acceptors (Lipinski definition) is 4. The quantitative estimate of drug-likeness (QED) is 0.842. The first-order valence-corrected chi connectivity index (χ1v) is 8.29. The molecular formula is C14H24N4OS. The largest absolute Gasteiger partial charge is 0.339 e. The number of aromatic nitrogens is 2. The molecule has 0 saturated carbocycles. The van der Waals surface area contributed by atoms with Crippen LogP contribution < -0.4 is 0 Å². The summed E-state index contributed by atoms with van der Waals surface area (Å²) in [6.45, 7) is 4.56. The molecule has 2 atom stereocenters. The molecule has 1 aliphatic heterocycles. The fourth-order valence-corrected chi connectivity index (χ4v) is 2.84. The number of likely N-dealkylation sites (N-methyl/N-ethyl adjacent to an activating group) is 1. The van der Waals surface area contributed by atoms with E-state index in [-0.39, 0.29) is 11.9 Å². The maximum Gasteiger partial charge on any atom is 0.223 e. The van der Waals surface area contributed by atoms with Crippen molar-refractivity contribution in [3.63, 3.8) is 0 Å². The second-order valence-electron chi connectivity index (χ2n) is 5.48. The third kappa shape index (κ3) is 3.35. The summed E-state index contributed by atoms with van der Waals surface area (Å²) < 4.78 is 2.04. The highest BCUT2D eigenvalue weighted by Gasteiger charge is 2.30. The molecular weight excluding hydrogens is 272 g/mol. The Kier molecular flexibility index (Phi) is 5.10. The van der Waals surface area contributed by atoms with Crippen LogP contribution in [0.3, 0.4) is 0 Å². The molecule has 6 heteroatoms. The highest BCUT2D eigenvalue weighted by atomic mass is 32.2. The van der Waals surface area contributed by atoms with E-state index in [1.54, 1.807) is 11.8 Å². The van der Waals surface area contributed by atoms with E-state index in [0.717, 1.165) is 25.5 Å². The highest BCUT2D eigenvalue weighted by Crippen LogP contribution is 2.23. The molecule has 2 rings (SSSR count). The van der Waals surface area contributed by atoms with Gasteiger partial charge < -0.3 is 9.47 Å². The second-order valence-corrected chi connectivity index (χ2v) is 6.76. The Morgan fingerprint density at radius 1 is 1.50 bits per heavy atom. The van der Waals surface area contributed by atoms with Crippen LogP contribution in [0, 0.1) is 0 Å². The van der Waals surface area contributed by atoms with Crippen molar-refractivity contribution in [1.82, 2.24) is 19.4 Å². The van der Waals surface area contributed by atoms with Gasteiger partial charge in [0.05, 0.1) is 6.04 Å². The average Bonchev–Trinajstić information content (AvgIpc) is 2.85. The number of piperazine rings is 1. The molecule has 112 valence electrons. The number of thioether (sulfide) groups is 1. The van der Waals surface area contributed by atoms with Gasteiger partial charge in [-0.3, -0.25) is 9.69 Å². The van der Waals surface area contributed by atoms with Gasteiger partial charge in [0, 0.05) is 50.7 Å². The van der Waals surface area contributed by atoms with E-state index in [1.165, 1.54) is 0 Å². The van der Waals surface area contributed by atoms with Gasteiger partial charge in [0.2, 0.25) is 5.91 Å². The molecule has 1 aromatic rings. The number of aryl methyl sites for hydroxylation is 1. The van der Waals surface area contributed by atoms with Gasteiger partial charge in [-0.1, -0.05) is 6.92 Å². The standard InChI is InChI=1S/C14H24N4OS/c1-11(20-4)9-13(19)18-8-7-16(2)12(10-18)14-15-5-6-17(14)3/h5-6,11-12H,7-10H2,1-4H3. The lowest BCUT2D eigenvalue weighted by atomic mass is 10.1. The van der Waals surface area contributed by atoms with Crippen molar-refractivity contribution < 1.29 is 4.79 Å².